The molecule has 1 aliphatic heterocycles. The van der Waals surface area contributed by atoms with E-state index < -0.39 is 21.2 Å². The summed E-state index contributed by atoms with van der Waals surface area (Å²) >= 11 is 19.1. The third kappa shape index (κ3) is 5.19. The van der Waals surface area contributed by atoms with Crippen LogP contribution in [0.25, 0.3) is 0 Å². The second-order valence-electron chi connectivity index (χ2n) is 8.35. The van der Waals surface area contributed by atoms with E-state index in [1.54, 1.807) is 19.1 Å². The van der Waals surface area contributed by atoms with Crippen LogP contribution in [0.4, 0.5) is 4.39 Å². The summed E-state index contributed by atoms with van der Waals surface area (Å²) in [6.45, 7) is 3.54. The van der Waals surface area contributed by atoms with Gasteiger partial charge in [-0.15, -0.1) is 11.6 Å². The molecular weight excluding hydrogens is 520 g/mol. The van der Waals surface area contributed by atoms with Crippen molar-refractivity contribution in [3.63, 3.8) is 0 Å². The Kier molecular flexibility index (Phi) is 7.41. The zero-order valence-electron chi connectivity index (χ0n) is 18.5. The molecule has 5 nitrogen and oxygen atoms in total. The fourth-order valence-corrected chi connectivity index (χ4v) is 5.95. The molecule has 0 saturated carbocycles. The van der Waals surface area contributed by atoms with Crippen LogP contribution in [0.5, 0.6) is 0 Å². The molecule has 4 rings (SSSR count). The molecule has 1 heterocycles. The molecule has 0 radical (unpaired) electrons. The van der Waals surface area contributed by atoms with Gasteiger partial charge in [0.05, 0.1) is 34.3 Å². The highest BCUT2D eigenvalue weighted by atomic mass is 35.5. The Bertz CT molecular complexity index is 1290. The molecule has 180 valence electrons. The van der Waals surface area contributed by atoms with Gasteiger partial charge < -0.3 is 0 Å². The molecule has 0 fully saturated rings. The summed E-state index contributed by atoms with van der Waals surface area (Å²) < 4.78 is 41.9. The highest BCUT2D eigenvalue weighted by Crippen LogP contribution is 2.41. The van der Waals surface area contributed by atoms with Crippen LogP contribution in [0.1, 0.15) is 30.5 Å². The lowest BCUT2D eigenvalue weighted by Gasteiger charge is -2.33. The zero-order chi connectivity index (χ0) is 24.6. The van der Waals surface area contributed by atoms with Crippen LogP contribution in [0.15, 0.2) is 75.3 Å². The molecule has 2 aromatic rings. The minimum Gasteiger partial charge on any atom is -0.260 e. The fourth-order valence-electron chi connectivity index (χ4n) is 3.99. The first-order valence-electron chi connectivity index (χ1n) is 10.6. The summed E-state index contributed by atoms with van der Waals surface area (Å²) in [5.41, 5.74) is 2.82. The van der Waals surface area contributed by atoms with Gasteiger partial charge in [-0.25, -0.2) is 17.5 Å². The summed E-state index contributed by atoms with van der Waals surface area (Å²) in [6.07, 6.45) is 4.12. The molecule has 34 heavy (non-hydrogen) atoms. The standard InChI is InChI=1S/C24H23Cl3FN3O2S/c1-14-3-8-18(28)11-23(14)34(32,33)29-13-19-12-22(16-4-6-17(25)7-5-16)31(30-19)21-10-9-20(26)15(2)24(21)27/h3-11,15,22,24,29H,12-13H2,1-2H3. The second kappa shape index (κ2) is 9.99. The van der Waals surface area contributed by atoms with Gasteiger partial charge in [-0.05, 0) is 54.5 Å². The Labute approximate surface area is 213 Å². The van der Waals surface area contributed by atoms with Crippen molar-refractivity contribution in [2.75, 3.05) is 6.54 Å². The van der Waals surface area contributed by atoms with E-state index in [-0.39, 0.29) is 23.4 Å². The van der Waals surface area contributed by atoms with Crippen molar-refractivity contribution in [2.45, 2.75) is 36.6 Å². The second-order valence-corrected chi connectivity index (χ2v) is 11.4. The monoisotopic (exact) mass is 541 g/mol. The number of nitrogens with zero attached hydrogens (tertiary/aromatic N) is 2. The van der Waals surface area contributed by atoms with Gasteiger partial charge in [-0.3, -0.25) is 5.01 Å². The number of aryl methyl sites for hydroxylation is 1. The molecule has 0 saturated heterocycles. The van der Waals surface area contributed by atoms with Gasteiger partial charge in [0.2, 0.25) is 10.0 Å². The predicted molar refractivity (Wildman–Crippen MR) is 135 cm³/mol. The van der Waals surface area contributed by atoms with Crippen molar-refractivity contribution in [1.29, 1.82) is 0 Å². The van der Waals surface area contributed by atoms with Crippen LogP contribution in [-0.2, 0) is 10.0 Å². The van der Waals surface area contributed by atoms with Gasteiger partial charge in [-0.1, -0.05) is 48.3 Å². The van der Waals surface area contributed by atoms with Crippen molar-refractivity contribution in [3.8, 4) is 0 Å². The number of hydrogen-bond acceptors (Lipinski definition) is 4. The molecule has 1 aliphatic carbocycles. The van der Waals surface area contributed by atoms with Gasteiger partial charge >= 0.3 is 0 Å². The summed E-state index contributed by atoms with van der Waals surface area (Å²) in [4.78, 5) is -0.0957. The van der Waals surface area contributed by atoms with Gasteiger partial charge in [-0.2, -0.15) is 5.10 Å². The number of hydrogen-bond donors (Lipinski definition) is 1. The molecule has 2 aromatic carbocycles. The van der Waals surface area contributed by atoms with Crippen LogP contribution in [0.3, 0.4) is 0 Å². The summed E-state index contributed by atoms with van der Waals surface area (Å²) in [7, 11) is -3.93. The molecule has 0 spiro atoms. The Morgan fingerprint density at radius 2 is 1.85 bits per heavy atom. The van der Waals surface area contributed by atoms with E-state index in [4.69, 9.17) is 39.9 Å². The van der Waals surface area contributed by atoms with Crippen molar-refractivity contribution in [2.24, 2.45) is 11.0 Å². The summed E-state index contributed by atoms with van der Waals surface area (Å²) in [5.74, 6) is -0.709. The lowest BCUT2D eigenvalue weighted by Crippen LogP contribution is -2.29. The Morgan fingerprint density at radius 1 is 1.15 bits per heavy atom. The molecule has 3 unspecified atom stereocenters. The number of rotatable bonds is 6. The van der Waals surface area contributed by atoms with E-state index >= 15 is 0 Å². The average Bonchev–Trinajstić information content (AvgIpc) is 3.22. The van der Waals surface area contributed by atoms with E-state index in [1.807, 2.05) is 36.2 Å². The Morgan fingerprint density at radius 3 is 2.56 bits per heavy atom. The SMILES string of the molecule is Cc1ccc(F)cc1S(=O)(=O)NCC1=NN(C2=CC=C(Cl)C(C)C2Cl)C(c2ccc(Cl)cc2)C1. The van der Waals surface area contributed by atoms with Crippen molar-refractivity contribution in [1.82, 2.24) is 9.73 Å². The number of hydrazone groups is 1. The van der Waals surface area contributed by atoms with Gasteiger partial charge in [0, 0.05) is 22.4 Å². The van der Waals surface area contributed by atoms with Crippen LogP contribution >= 0.6 is 34.8 Å². The van der Waals surface area contributed by atoms with Crippen molar-refractivity contribution >= 4 is 50.5 Å². The maximum Gasteiger partial charge on any atom is 0.241 e. The molecular formula is C24H23Cl3FN3O2S. The Balaban J connectivity index is 1.62. The van der Waals surface area contributed by atoms with E-state index in [9.17, 15) is 12.8 Å². The lowest BCUT2D eigenvalue weighted by atomic mass is 9.96. The smallest absolute Gasteiger partial charge is 0.241 e. The third-order valence-corrected chi connectivity index (χ3v) is 8.84. The molecule has 1 N–H and O–H groups in total. The zero-order valence-corrected chi connectivity index (χ0v) is 21.6. The summed E-state index contributed by atoms with van der Waals surface area (Å²) in [6, 6.07) is 10.9. The number of nitrogens with one attached hydrogen (secondary N) is 1. The van der Waals surface area contributed by atoms with Crippen molar-refractivity contribution in [3.05, 3.63) is 87.3 Å². The maximum absolute atomic E-state index is 13.7. The summed E-state index contributed by atoms with van der Waals surface area (Å²) in [5, 5.41) is 7.43. The highest BCUT2D eigenvalue weighted by molar-refractivity contribution is 7.89. The largest absolute Gasteiger partial charge is 0.260 e. The van der Waals surface area contributed by atoms with Crippen LogP contribution in [0, 0.1) is 18.7 Å². The molecule has 0 amide bonds. The van der Waals surface area contributed by atoms with E-state index in [0.717, 1.165) is 17.3 Å². The van der Waals surface area contributed by atoms with Crippen LogP contribution in [-0.4, -0.2) is 31.1 Å². The normalized spacial score (nSPS) is 22.9. The van der Waals surface area contributed by atoms with E-state index in [2.05, 4.69) is 4.72 Å². The number of sulfonamides is 1. The minimum absolute atomic E-state index is 0.0226. The Hall–Kier alpha value is -1.90. The quantitative estimate of drug-likeness (QED) is 0.447. The number of benzene rings is 2. The highest BCUT2D eigenvalue weighted by Gasteiger charge is 2.36. The maximum atomic E-state index is 13.7. The number of alkyl halides is 1. The van der Waals surface area contributed by atoms with E-state index in [1.165, 1.54) is 12.1 Å². The lowest BCUT2D eigenvalue weighted by molar-refractivity contribution is 0.283. The molecule has 0 aromatic heterocycles. The first-order valence-corrected chi connectivity index (χ1v) is 13.3. The molecule has 0 bridgehead atoms. The van der Waals surface area contributed by atoms with Gasteiger partial charge in [0.15, 0.2) is 0 Å². The fraction of sp³-hybridized carbons (Fsp3) is 0.292. The first kappa shape index (κ1) is 25.2. The van der Waals surface area contributed by atoms with Gasteiger partial charge in [0.25, 0.3) is 0 Å². The molecule has 2 aliphatic rings. The number of halogens is 4. The first-order chi connectivity index (χ1) is 16.1. The molecule has 3 atom stereocenters. The minimum atomic E-state index is -3.93. The molecule has 10 heteroatoms. The van der Waals surface area contributed by atoms with Crippen LogP contribution < -0.4 is 4.72 Å². The predicted octanol–water partition coefficient (Wildman–Crippen LogP) is 6.13. The van der Waals surface area contributed by atoms with Crippen LogP contribution in [0.2, 0.25) is 5.02 Å². The third-order valence-electron chi connectivity index (χ3n) is 5.97. The van der Waals surface area contributed by atoms with Gasteiger partial charge in [0.1, 0.15) is 5.82 Å². The van der Waals surface area contributed by atoms with E-state index in [0.29, 0.717) is 27.8 Å². The average molecular weight is 543 g/mol. The number of allylic oxidation sites excluding steroid dienone is 4. The van der Waals surface area contributed by atoms with Crippen molar-refractivity contribution < 1.29 is 12.8 Å². The topological polar surface area (TPSA) is 61.8 Å².